The van der Waals surface area contributed by atoms with Crippen LogP contribution >= 0.6 is 23.8 Å². The maximum Gasteiger partial charge on any atom is 0.128 e. The monoisotopic (exact) mass is 141 g/mol. The van der Waals surface area contributed by atoms with Crippen LogP contribution in [0.4, 0.5) is 0 Å². The minimum atomic E-state index is 0. The number of aromatic nitrogens is 2. The van der Waals surface area contributed by atoms with Crippen LogP contribution in [0.15, 0.2) is 6.20 Å². The molecule has 2 nitrogen and oxygen atoms in total. The predicted octanol–water partition coefficient (Wildman–Crippen LogP) is 0.820. The molecular weight excluding hydrogens is 139 g/mol. The van der Waals surface area contributed by atoms with E-state index in [9.17, 15) is 0 Å². The van der Waals surface area contributed by atoms with Gasteiger partial charge in [0.1, 0.15) is 3.82 Å². The number of hydrogen-bond donors (Lipinski definition) is 1. The van der Waals surface area contributed by atoms with Crippen LogP contribution in [-0.2, 0) is 0 Å². The molecule has 0 aliphatic rings. The number of rotatable bonds is 0. The minimum absolute atomic E-state index is 0. The Bertz CT molecular complexity index is 151. The van der Waals surface area contributed by atoms with Gasteiger partial charge >= 0.3 is 0 Å². The van der Waals surface area contributed by atoms with Gasteiger partial charge in [0.05, 0.1) is 6.20 Å². The van der Waals surface area contributed by atoms with Crippen molar-refractivity contribution in [1.82, 2.24) is 9.59 Å². The number of hydrogen-bond acceptors (Lipinski definition) is 3. The first-order chi connectivity index (χ1) is 2.89. The average Bonchev–Trinajstić information content (AvgIpc) is 1.86. The van der Waals surface area contributed by atoms with E-state index in [4.69, 9.17) is 0 Å². The summed E-state index contributed by atoms with van der Waals surface area (Å²) in [5.41, 5.74) is 0. The first-order valence-corrected chi connectivity index (χ1v) is 2.61. The van der Waals surface area contributed by atoms with Crippen LogP contribution < -0.4 is 0 Å². The van der Waals surface area contributed by atoms with Crippen LogP contribution in [-0.4, -0.2) is 39.1 Å². The van der Waals surface area contributed by atoms with Gasteiger partial charge < -0.3 is 0 Å². The topological polar surface area (TPSA) is 28.7 Å². The molecule has 1 rings (SSSR count). The van der Waals surface area contributed by atoms with Crippen molar-refractivity contribution in [3.8, 4) is 0 Å². The Balaban J connectivity index is 0.000000360. The fraction of sp³-hybridized carbons (Fsp3) is 0. The third-order valence-corrected chi connectivity index (χ3v) is 1.23. The van der Waals surface area contributed by atoms with Gasteiger partial charge in [-0.15, -0.1) is 0 Å². The zero-order valence-electron chi connectivity index (χ0n) is 3.84. The fourth-order valence-corrected chi connectivity index (χ4v) is 0.642. The van der Waals surface area contributed by atoms with Gasteiger partial charge in [-0.2, -0.15) is 5.10 Å². The first-order valence-electron chi connectivity index (χ1n) is 1.38. The number of aromatic amines is 1. The molecule has 0 aliphatic carbocycles. The quantitative estimate of drug-likeness (QED) is 0.428. The molecule has 0 aliphatic heterocycles. The molecule has 0 saturated heterocycles. The molecule has 0 unspecified atom stereocenters. The zero-order chi connectivity index (χ0) is 4.41. The van der Waals surface area contributed by atoms with Crippen LogP contribution in [0, 0.1) is 3.82 Å². The summed E-state index contributed by atoms with van der Waals surface area (Å²) in [4.78, 5) is 0. The van der Waals surface area contributed by atoms with Crippen LogP contribution in [0.3, 0.4) is 0 Å². The number of nitrogens with one attached hydrogen (secondary N) is 1. The molecule has 1 radical (unpaired) electrons. The van der Waals surface area contributed by atoms with Crippen molar-refractivity contribution in [2.75, 3.05) is 0 Å². The first kappa shape index (κ1) is 7.78. The predicted molar refractivity (Wildman–Crippen MR) is 33.1 cm³/mol. The van der Waals surface area contributed by atoms with E-state index >= 15 is 0 Å². The van der Waals surface area contributed by atoms with E-state index in [1.807, 2.05) is 0 Å². The molecule has 0 saturated carbocycles. The Labute approximate surface area is 72.4 Å². The van der Waals surface area contributed by atoms with Gasteiger partial charge in [0.2, 0.25) is 0 Å². The summed E-state index contributed by atoms with van der Waals surface area (Å²) < 4.78 is 3.42. The van der Waals surface area contributed by atoms with Gasteiger partial charge in [0.15, 0.2) is 0 Å². The fourth-order valence-electron chi connectivity index (χ4n) is 0.177. The standard InChI is InChI=1S/C2H2N2S2.Na/c5-2-1-3-4-6-2;/h1,4H;. The molecule has 0 bridgehead atoms. The molecule has 1 aromatic heterocycles. The Hall–Kier alpha value is 0.780. The van der Waals surface area contributed by atoms with E-state index in [-0.39, 0.29) is 29.6 Å². The Morgan fingerprint density at radius 1 is 1.86 bits per heavy atom. The van der Waals surface area contributed by atoms with Gasteiger partial charge in [-0.05, 0) is 11.5 Å². The zero-order valence-corrected chi connectivity index (χ0v) is 7.47. The molecule has 0 aromatic carbocycles. The van der Waals surface area contributed by atoms with Crippen LogP contribution in [0.25, 0.3) is 0 Å². The molecule has 1 aromatic rings. The van der Waals surface area contributed by atoms with Gasteiger partial charge in [-0.1, -0.05) is 12.2 Å². The molecule has 5 heteroatoms. The summed E-state index contributed by atoms with van der Waals surface area (Å²) in [6.07, 6.45) is 1.61. The molecule has 33 valence electrons. The van der Waals surface area contributed by atoms with Crippen LogP contribution in [0.2, 0.25) is 0 Å². The summed E-state index contributed by atoms with van der Waals surface area (Å²) in [7, 11) is 0. The SMILES string of the molecule is S=c1cn[nH]s1.[Na]. The third kappa shape index (κ3) is 2.56. The van der Waals surface area contributed by atoms with E-state index in [2.05, 4.69) is 21.8 Å². The Kier molecular flexibility index (Phi) is 4.16. The van der Waals surface area contributed by atoms with Crippen molar-refractivity contribution in [2.45, 2.75) is 0 Å². The molecule has 7 heavy (non-hydrogen) atoms. The van der Waals surface area contributed by atoms with Gasteiger partial charge in [0.25, 0.3) is 0 Å². The van der Waals surface area contributed by atoms with E-state index < -0.39 is 0 Å². The van der Waals surface area contributed by atoms with Crippen molar-refractivity contribution in [3.05, 3.63) is 10.0 Å². The minimum Gasteiger partial charge on any atom is -0.231 e. The maximum atomic E-state index is 4.67. The maximum absolute atomic E-state index is 4.67. The summed E-state index contributed by atoms with van der Waals surface area (Å²) in [5.74, 6) is 0. The Morgan fingerprint density at radius 2 is 2.57 bits per heavy atom. The second-order valence-corrected chi connectivity index (χ2v) is 2.30. The second kappa shape index (κ2) is 3.74. The second-order valence-electron chi connectivity index (χ2n) is 0.771. The van der Waals surface area contributed by atoms with Crippen LogP contribution in [0.1, 0.15) is 0 Å². The number of H-pyrrole nitrogens is 1. The molecule has 0 atom stereocenters. The molecule has 0 amide bonds. The third-order valence-electron chi connectivity index (χ3n) is 0.369. The Morgan fingerprint density at radius 3 is 2.71 bits per heavy atom. The van der Waals surface area contributed by atoms with E-state index in [1.165, 1.54) is 11.5 Å². The van der Waals surface area contributed by atoms with Crippen molar-refractivity contribution in [1.29, 1.82) is 0 Å². The van der Waals surface area contributed by atoms with Gasteiger partial charge in [-0.3, -0.25) is 0 Å². The normalized spacial score (nSPS) is 7.43. The summed E-state index contributed by atoms with van der Waals surface area (Å²) in [6.45, 7) is 0. The van der Waals surface area contributed by atoms with Crippen LogP contribution in [0.5, 0.6) is 0 Å². The average molecular weight is 141 g/mol. The van der Waals surface area contributed by atoms with Crippen molar-refractivity contribution in [3.63, 3.8) is 0 Å². The molecule has 0 spiro atoms. The number of nitrogens with zero attached hydrogens (tertiary/aromatic N) is 1. The van der Waals surface area contributed by atoms with Gasteiger partial charge in [-0.25, -0.2) is 4.49 Å². The van der Waals surface area contributed by atoms with Crippen molar-refractivity contribution >= 4 is 53.3 Å². The van der Waals surface area contributed by atoms with E-state index in [1.54, 1.807) is 6.20 Å². The smallest absolute Gasteiger partial charge is 0.128 e. The molecule has 1 heterocycles. The summed E-state index contributed by atoms with van der Waals surface area (Å²) in [6, 6.07) is 0. The summed E-state index contributed by atoms with van der Waals surface area (Å²) in [5, 5.41) is 3.61. The molecule has 1 N–H and O–H groups in total. The van der Waals surface area contributed by atoms with E-state index in [0.29, 0.717) is 0 Å². The summed E-state index contributed by atoms with van der Waals surface area (Å²) >= 11 is 6.03. The molecule has 0 fully saturated rings. The molecular formula is C2H2N2NaS2. The van der Waals surface area contributed by atoms with Crippen molar-refractivity contribution < 1.29 is 0 Å². The van der Waals surface area contributed by atoms with Gasteiger partial charge in [0, 0.05) is 29.6 Å². The van der Waals surface area contributed by atoms with Crippen molar-refractivity contribution in [2.24, 2.45) is 0 Å². The van der Waals surface area contributed by atoms with E-state index in [0.717, 1.165) is 3.82 Å². The largest absolute Gasteiger partial charge is 0.231 e.